The lowest BCUT2D eigenvalue weighted by Gasteiger charge is -2.35. The number of para-hydroxylation sites is 1. The normalized spacial score (nSPS) is 15.2. The molecule has 1 saturated heterocycles. The highest BCUT2D eigenvalue weighted by Crippen LogP contribution is 2.16. The number of hydrogen-bond donors (Lipinski definition) is 1. The summed E-state index contributed by atoms with van der Waals surface area (Å²) in [7, 11) is 0. The van der Waals surface area contributed by atoms with E-state index in [-0.39, 0.29) is 5.91 Å². The summed E-state index contributed by atoms with van der Waals surface area (Å²) in [5, 5.41) is 3.00. The lowest BCUT2D eigenvalue weighted by atomic mass is 10.1. The summed E-state index contributed by atoms with van der Waals surface area (Å²) < 4.78 is 13.2. The molecule has 2 aromatic rings. The Hall–Kier alpha value is -2.47. The molecule has 3 rings (SSSR count). The Balaban J connectivity index is 1.51. The summed E-state index contributed by atoms with van der Waals surface area (Å²) in [4.78, 5) is 20.4. The average molecular weight is 342 g/mol. The van der Waals surface area contributed by atoms with Crippen LogP contribution in [-0.2, 0) is 11.2 Å². The first-order chi connectivity index (χ1) is 12.2. The Morgan fingerprint density at radius 3 is 2.60 bits per heavy atom. The van der Waals surface area contributed by atoms with E-state index in [2.05, 4.69) is 22.1 Å². The minimum absolute atomic E-state index is 0.00164. The molecular formula is C19H23FN4O. The molecule has 1 aromatic heterocycles. The minimum atomic E-state index is -0.464. The molecule has 1 fully saturated rings. The van der Waals surface area contributed by atoms with E-state index in [0.717, 1.165) is 43.9 Å². The van der Waals surface area contributed by atoms with E-state index in [1.807, 2.05) is 35.2 Å². The van der Waals surface area contributed by atoms with Gasteiger partial charge in [-0.25, -0.2) is 4.98 Å². The third kappa shape index (κ3) is 4.54. The highest BCUT2D eigenvalue weighted by Gasteiger charge is 2.20. The monoisotopic (exact) mass is 342 g/mol. The first kappa shape index (κ1) is 17.4. The molecule has 1 N–H and O–H groups in total. The molecule has 0 bridgehead atoms. The van der Waals surface area contributed by atoms with Crippen LogP contribution in [0.1, 0.15) is 12.5 Å². The van der Waals surface area contributed by atoms with Crippen LogP contribution in [0.2, 0.25) is 0 Å². The van der Waals surface area contributed by atoms with E-state index in [1.165, 1.54) is 6.07 Å². The van der Waals surface area contributed by atoms with Crippen molar-refractivity contribution in [1.82, 2.24) is 9.88 Å². The Morgan fingerprint density at radius 1 is 1.12 bits per heavy atom. The van der Waals surface area contributed by atoms with Crippen molar-refractivity contribution in [2.45, 2.75) is 13.3 Å². The number of rotatable bonds is 5. The lowest BCUT2D eigenvalue weighted by molar-refractivity contribution is -0.117. The van der Waals surface area contributed by atoms with Crippen molar-refractivity contribution in [3.05, 3.63) is 54.0 Å². The summed E-state index contributed by atoms with van der Waals surface area (Å²) in [6, 6.07) is 12.7. The number of aryl methyl sites for hydroxylation is 1. The number of carbonyl (C=O) groups excluding carboxylic acids is 1. The van der Waals surface area contributed by atoms with Crippen molar-refractivity contribution in [1.29, 1.82) is 0 Å². The minimum Gasteiger partial charge on any atom is -0.354 e. The van der Waals surface area contributed by atoms with Crippen molar-refractivity contribution < 1.29 is 9.18 Å². The predicted octanol–water partition coefficient (Wildman–Crippen LogP) is 2.54. The number of benzene rings is 1. The number of nitrogens with zero attached hydrogens (tertiary/aromatic N) is 3. The van der Waals surface area contributed by atoms with E-state index in [1.54, 1.807) is 6.07 Å². The number of aromatic nitrogens is 1. The first-order valence-electron chi connectivity index (χ1n) is 8.63. The van der Waals surface area contributed by atoms with Crippen molar-refractivity contribution >= 4 is 17.4 Å². The van der Waals surface area contributed by atoms with Gasteiger partial charge in [-0.15, -0.1) is 0 Å². The van der Waals surface area contributed by atoms with Gasteiger partial charge in [-0.3, -0.25) is 9.69 Å². The van der Waals surface area contributed by atoms with Crippen LogP contribution >= 0.6 is 0 Å². The molecule has 6 heteroatoms. The molecule has 0 atom stereocenters. The number of anilines is 2. The fraction of sp³-hybridized carbons (Fsp3) is 0.368. The Labute approximate surface area is 147 Å². The van der Waals surface area contributed by atoms with E-state index in [0.29, 0.717) is 12.4 Å². The maximum Gasteiger partial charge on any atom is 0.238 e. The highest BCUT2D eigenvalue weighted by atomic mass is 19.1. The summed E-state index contributed by atoms with van der Waals surface area (Å²) in [5.41, 5.74) is 2.02. The number of pyridine rings is 1. The van der Waals surface area contributed by atoms with Crippen LogP contribution < -0.4 is 10.2 Å². The summed E-state index contributed by atoms with van der Waals surface area (Å²) in [6.45, 7) is 5.40. The number of hydrogen-bond acceptors (Lipinski definition) is 4. The molecule has 0 spiro atoms. The van der Waals surface area contributed by atoms with Gasteiger partial charge in [0.1, 0.15) is 5.82 Å². The van der Waals surface area contributed by atoms with Gasteiger partial charge in [0, 0.05) is 31.9 Å². The van der Waals surface area contributed by atoms with Gasteiger partial charge < -0.3 is 10.2 Å². The van der Waals surface area contributed by atoms with Crippen LogP contribution in [0, 0.1) is 5.95 Å². The third-order valence-electron chi connectivity index (χ3n) is 4.44. The lowest BCUT2D eigenvalue weighted by Crippen LogP contribution is -2.49. The van der Waals surface area contributed by atoms with Crippen molar-refractivity contribution in [2.24, 2.45) is 0 Å². The van der Waals surface area contributed by atoms with Gasteiger partial charge in [-0.05, 0) is 30.2 Å². The number of nitrogens with one attached hydrogen (secondary N) is 1. The number of amides is 1. The van der Waals surface area contributed by atoms with Gasteiger partial charge in [0.25, 0.3) is 0 Å². The molecule has 25 heavy (non-hydrogen) atoms. The maximum absolute atomic E-state index is 13.2. The van der Waals surface area contributed by atoms with Crippen LogP contribution in [0.5, 0.6) is 0 Å². The van der Waals surface area contributed by atoms with Crippen molar-refractivity contribution in [2.75, 3.05) is 42.9 Å². The third-order valence-corrected chi connectivity index (χ3v) is 4.44. The zero-order chi connectivity index (χ0) is 17.6. The Bertz CT molecular complexity index is 729. The van der Waals surface area contributed by atoms with Crippen LogP contribution in [0.25, 0.3) is 0 Å². The standard InChI is InChI=1S/C19H23FN4O/c1-2-15-6-3-4-7-16(15)21-19(25)14-23-10-12-24(13-11-23)18-9-5-8-17(20)22-18/h3-9H,2,10-14H2,1H3,(H,21,25). The first-order valence-corrected chi connectivity index (χ1v) is 8.63. The average Bonchev–Trinajstić information content (AvgIpc) is 2.63. The SMILES string of the molecule is CCc1ccccc1NC(=O)CN1CCN(c2cccc(F)n2)CC1. The number of piperazine rings is 1. The topological polar surface area (TPSA) is 48.5 Å². The van der Waals surface area contributed by atoms with Crippen LogP contribution in [0.15, 0.2) is 42.5 Å². The molecule has 1 aliphatic rings. The molecule has 0 unspecified atom stereocenters. The van der Waals surface area contributed by atoms with Crippen molar-refractivity contribution in [3.63, 3.8) is 0 Å². The molecule has 1 amide bonds. The molecule has 5 nitrogen and oxygen atoms in total. The van der Waals surface area contributed by atoms with Gasteiger partial charge in [0.15, 0.2) is 0 Å². The smallest absolute Gasteiger partial charge is 0.238 e. The molecule has 132 valence electrons. The Morgan fingerprint density at radius 2 is 1.88 bits per heavy atom. The summed E-state index contributed by atoms with van der Waals surface area (Å²) in [5.74, 6) is 0.188. The van der Waals surface area contributed by atoms with Crippen molar-refractivity contribution in [3.8, 4) is 0 Å². The van der Waals surface area contributed by atoms with Gasteiger partial charge in [-0.2, -0.15) is 4.39 Å². The second-order valence-electron chi connectivity index (χ2n) is 6.14. The van der Waals surface area contributed by atoms with Gasteiger partial charge >= 0.3 is 0 Å². The fourth-order valence-electron chi connectivity index (χ4n) is 3.05. The van der Waals surface area contributed by atoms with E-state index >= 15 is 0 Å². The number of carbonyl (C=O) groups is 1. The van der Waals surface area contributed by atoms with Gasteiger partial charge in [0.05, 0.1) is 6.54 Å². The second-order valence-corrected chi connectivity index (χ2v) is 6.14. The van der Waals surface area contributed by atoms with E-state index in [9.17, 15) is 9.18 Å². The van der Waals surface area contributed by atoms with Crippen LogP contribution in [-0.4, -0.2) is 48.5 Å². The molecule has 0 saturated carbocycles. The highest BCUT2D eigenvalue weighted by molar-refractivity contribution is 5.93. The fourth-order valence-corrected chi connectivity index (χ4v) is 3.05. The zero-order valence-electron chi connectivity index (χ0n) is 14.4. The van der Waals surface area contributed by atoms with Crippen LogP contribution in [0.4, 0.5) is 15.9 Å². The van der Waals surface area contributed by atoms with E-state index in [4.69, 9.17) is 0 Å². The van der Waals surface area contributed by atoms with Crippen LogP contribution in [0.3, 0.4) is 0 Å². The summed E-state index contributed by atoms with van der Waals surface area (Å²) >= 11 is 0. The Kier molecular flexibility index (Phi) is 5.60. The van der Waals surface area contributed by atoms with E-state index < -0.39 is 5.95 Å². The molecule has 0 aliphatic carbocycles. The summed E-state index contributed by atoms with van der Waals surface area (Å²) in [6.07, 6.45) is 0.885. The second kappa shape index (κ2) is 8.07. The quantitative estimate of drug-likeness (QED) is 0.849. The molecular weight excluding hydrogens is 319 g/mol. The molecule has 2 heterocycles. The molecule has 0 radical (unpaired) electrons. The van der Waals surface area contributed by atoms with Gasteiger partial charge in [0.2, 0.25) is 11.9 Å². The molecule has 1 aromatic carbocycles. The molecule has 1 aliphatic heterocycles. The largest absolute Gasteiger partial charge is 0.354 e. The zero-order valence-corrected chi connectivity index (χ0v) is 14.4. The number of halogens is 1. The van der Waals surface area contributed by atoms with Gasteiger partial charge in [-0.1, -0.05) is 31.2 Å². The predicted molar refractivity (Wildman–Crippen MR) is 97.3 cm³/mol. The maximum atomic E-state index is 13.2.